The van der Waals surface area contributed by atoms with Gasteiger partial charge in [0.05, 0.1) is 12.0 Å². The van der Waals surface area contributed by atoms with Crippen LogP contribution in [-0.2, 0) is 17.6 Å². The van der Waals surface area contributed by atoms with Crippen molar-refractivity contribution < 1.29 is 4.74 Å². The minimum Gasteiger partial charge on any atom is -0.383 e. The summed E-state index contributed by atoms with van der Waals surface area (Å²) in [5.41, 5.74) is 1.47. The fourth-order valence-corrected chi connectivity index (χ4v) is 4.26. The van der Waals surface area contributed by atoms with Crippen LogP contribution >= 0.6 is 11.3 Å². The fourth-order valence-electron chi connectivity index (χ4n) is 2.91. The molecule has 4 nitrogen and oxygen atoms in total. The number of ether oxygens (including phenoxy) is 1. The molecule has 2 aromatic rings. The van der Waals surface area contributed by atoms with Crippen molar-refractivity contribution in [3.05, 3.63) is 16.8 Å². The molecule has 1 aliphatic carbocycles. The lowest BCUT2D eigenvalue weighted by Crippen LogP contribution is -2.21. The van der Waals surface area contributed by atoms with Crippen LogP contribution in [0.1, 0.15) is 30.7 Å². The van der Waals surface area contributed by atoms with Crippen LogP contribution in [-0.4, -0.2) is 29.7 Å². The molecule has 20 heavy (non-hydrogen) atoms. The first-order valence-electron chi connectivity index (χ1n) is 7.19. The van der Waals surface area contributed by atoms with Crippen LogP contribution < -0.4 is 5.32 Å². The summed E-state index contributed by atoms with van der Waals surface area (Å²) >= 11 is 1.84. The fraction of sp³-hybridized carbons (Fsp3) is 0.600. The molecule has 108 valence electrons. The van der Waals surface area contributed by atoms with E-state index in [1.165, 1.54) is 28.7 Å². The maximum atomic E-state index is 5.19. The first-order chi connectivity index (χ1) is 9.69. The predicted molar refractivity (Wildman–Crippen MR) is 83.6 cm³/mol. The zero-order valence-corrected chi connectivity index (χ0v) is 13.1. The molecule has 0 fully saturated rings. The summed E-state index contributed by atoms with van der Waals surface area (Å²) in [5, 5.41) is 4.70. The third-order valence-electron chi connectivity index (χ3n) is 3.89. The van der Waals surface area contributed by atoms with Crippen molar-refractivity contribution in [1.29, 1.82) is 0 Å². The van der Waals surface area contributed by atoms with Gasteiger partial charge >= 0.3 is 0 Å². The van der Waals surface area contributed by atoms with Gasteiger partial charge in [0.25, 0.3) is 0 Å². The first-order valence-corrected chi connectivity index (χ1v) is 8.01. The lowest BCUT2D eigenvalue weighted by atomic mass is 9.89. The van der Waals surface area contributed by atoms with Crippen molar-refractivity contribution >= 4 is 27.4 Å². The van der Waals surface area contributed by atoms with E-state index in [9.17, 15) is 0 Å². The van der Waals surface area contributed by atoms with E-state index in [1.54, 1.807) is 13.4 Å². The minimum atomic E-state index is 0.246. The quantitative estimate of drug-likeness (QED) is 0.939. The monoisotopic (exact) mass is 291 g/mol. The van der Waals surface area contributed by atoms with Crippen LogP contribution in [0.15, 0.2) is 6.33 Å². The molecule has 0 bridgehead atoms. The summed E-state index contributed by atoms with van der Waals surface area (Å²) in [6.45, 7) is 5.12. The maximum Gasteiger partial charge on any atom is 0.138 e. The van der Waals surface area contributed by atoms with E-state index in [0.717, 1.165) is 23.0 Å². The molecule has 3 rings (SSSR count). The molecule has 2 heterocycles. The van der Waals surface area contributed by atoms with E-state index in [4.69, 9.17) is 4.74 Å². The summed E-state index contributed by atoms with van der Waals surface area (Å²) in [5.74, 6) is 1.75. The number of aryl methyl sites for hydroxylation is 1. The predicted octanol–water partition coefficient (Wildman–Crippen LogP) is 3.26. The second-order valence-electron chi connectivity index (χ2n) is 5.75. The van der Waals surface area contributed by atoms with Gasteiger partial charge in [-0.25, -0.2) is 9.97 Å². The molecule has 0 saturated heterocycles. The largest absolute Gasteiger partial charge is 0.383 e. The number of thiophene rings is 1. The van der Waals surface area contributed by atoms with Crippen molar-refractivity contribution in [1.82, 2.24) is 9.97 Å². The maximum absolute atomic E-state index is 5.19. The van der Waals surface area contributed by atoms with Gasteiger partial charge in [0, 0.05) is 18.0 Å². The van der Waals surface area contributed by atoms with E-state index in [2.05, 4.69) is 29.1 Å². The Morgan fingerprint density at radius 1 is 1.50 bits per heavy atom. The molecule has 0 spiro atoms. The highest BCUT2D eigenvalue weighted by Gasteiger charge is 2.23. The third-order valence-corrected chi connectivity index (χ3v) is 5.05. The van der Waals surface area contributed by atoms with Gasteiger partial charge < -0.3 is 10.1 Å². The highest BCUT2D eigenvalue weighted by molar-refractivity contribution is 7.19. The summed E-state index contributed by atoms with van der Waals surface area (Å²) in [7, 11) is 1.72. The minimum absolute atomic E-state index is 0.246. The Bertz CT molecular complexity index is 610. The first kappa shape index (κ1) is 13.8. The van der Waals surface area contributed by atoms with Crippen molar-refractivity contribution in [3.8, 4) is 0 Å². The number of nitrogens with one attached hydrogen (secondary N) is 1. The summed E-state index contributed by atoms with van der Waals surface area (Å²) < 4.78 is 5.19. The number of hydrogen-bond donors (Lipinski definition) is 1. The summed E-state index contributed by atoms with van der Waals surface area (Å²) in [6.07, 6.45) is 5.26. The van der Waals surface area contributed by atoms with Crippen LogP contribution in [0.2, 0.25) is 0 Å². The van der Waals surface area contributed by atoms with Crippen molar-refractivity contribution in [2.75, 3.05) is 19.0 Å². The summed E-state index contributed by atoms with van der Waals surface area (Å²) in [6, 6.07) is 0.246. The van der Waals surface area contributed by atoms with Crippen LogP contribution in [0, 0.1) is 5.92 Å². The Morgan fingerprint density at radius 3 is 3.15 bits per heavy atom. The summed E-state index contributed by atoms with van der Waals surface area (Å²) in [4.78, 5) is 11.5. The average molecular weight is 291 g/mol. The second kappa shape index (κ2) is 5.66. The number of fused-ring (bicyclic) bond motifs is 3. The standard InChI is InChI=1S/C15H21N3OS/c1-9-4-5-11-12(6-9)20-15-13(11)14(16-8-17-15)18-10(2)7-19-3/h8-10H,4-7H2,1-3H3,(H,16,17,18)/t9-,10+/m1/s1. The molecule has 5 heteroatoms. The van der Waals surface area contributed by atoms with Gasteiger partial charge in [-0.2, -0.15) is 0 Å². The Labute approximate surface area is 123 Å². The lowest BCUT2D eigenvalue weighted by Gasteiger charge is -2.19. The SMILES string of the molecule is COC[C@H](C)Nc1ncnc2sc3c(c12)CC[C@@H](C)C3. The van der Waals surface area contributed by atoms with Gasteiger partial charge in [-0.3, -0.25) is 0 Å². The number of nitrogens with zero attached hydrogens (tertiary/aromatic N) is 2. The van der Waals surface area contributed by atoms with E-state index in [1.807, 2.05) is 11.3 Å². The highest BCUT2D eigenvalue weighted by atomic mass is 32.1. The van der Waals surface area contributed by atoms with E-state index < -0.39 is 0 Å². The Balaban J connectivity index is 2.00. The molecule has 0 aromatic carbocycles. The molecule has 2 aromatic heterocycles. The molecule has 0 amide bonds. The molecule has 1 aliphatic rings. The number of methoxy groups -OCH3 is 1. The number of hydrogen-bond acceptors (Lipinski definition) is 5. The zero-order valence-electron chi connectivity index (χ0n) is 12.3. The van der Waals surface area contributed by atoms with Gasteiger partial charge in [0.15, 0.2) is 0 Å². The van der Waals surface area contributed by atoms with Crippen LogP contribution in [0.25, 0.3) is 10.2 Å². The van der Waals surface area contributed by atoms with Crippen LogP contribution in [0.4, 0.5) is 5.82 Å². The van der Waals surface area contributed by atoms with Gasteiger partial charge in [-0.05, 0) is 37.7 Å². The number of rotatable bonds is 4. The number of anilines is 1. The Kier molecular flexibility index (Phi) is 3.89. The smallest absolute Gasteiger partial charge is 0.138 e. The molecule has 1 N–H and O–H groups in total. The van der Waals surface area contributed by atoms with E-state index in [-0.39, 0.29) is 6.04 Å². The third kappa shape index (κ3) is 2.52. The lowest BCUT2D eigenvalue weighted by molar-refractivity contribution is 0.190. The molecular formula is C15H21N3OS. The Morgan fingerprint density at radius 2 is 2.35 bits per heavy atom. The Hall–Kier alpha value is -1.20. The van der Waals surface area contributed by atoms with E-state index >= 15 is 0 Å². The average Bonchev–Trinajstić information content (AvgIpc) is 2.77. The topological polar surface area (TPSA) is 47.0 Å². The normalized spacial score (nSPS) is 19.9. The molecule has 0 unspecified atom stereocenters. The zero-order chi connectivity index (χ0) is 14.1. The molecular weight excluding hydrogens is 270 g/mol. The molecule has 2 atom stereocenters. The molecule has 0 aliphatic heterocycles. The van der Waals surface area contributed by atoms with Crippen molar-refractivity contribution in [3.63, 3.8) is 0 Å². The van der Waals surface area contributed by atoms with Gasteiger partial charge in [0.1, 0.15) is 17.0 Å². The van der Waals surface area contributed by atoms with Crippen molar-refractivity contribution in [2.24, 2.45) is 5.92 Å². The van der Waals surface area contributed by atoms with Gasteiger partial charge in [-0.1, -0.05) is 6.92 Å². The molecule has 0 saturated carbocycles. The van der Waals surface area contributed by atoms with Crippen molar-refractivity contribution in [2.45, 2.75) is 39.2 Å². The van der Waals surface area contributed by atoms with Gasteiger partial charge in [-0.15, -0.1) is 11.3 Å². The second-order valence-corrected chi connectivity index (χ2v) is 6.84. The number of aromatic nitrogens is 2. The van der Waals surface area contributed by atoms with Crippen LogP contribution in [0.3, 0.4) is 0 Å². The van der Waals surface area contributed by atoms with E-state index in [0.29, 0.717) is 6.61 Å². The molecule has 0 radical (unpaired) electrons. The highest BCUT2D eigenvalue weighted by Crippen LogP contribution is 2.39. The van der Waals surface area contributed by atoms with Gasteiger partial charge in [0.2, 0.25) is 0 Å². The van der Waals surface area contributed by atoms with Crippen LogP contribution in [0.5, 0.6) is 0 Å².